The molecule has 5 nitrogen and oxygen atoms in total. The van der Waals surface area contributed by atoms with E-state index in [1.165, 1.54) is 37.3 Å². The van der Waals surface area contributed by atoms with Crippen molar-refractivity contribution in [2.24, 2.45) is 0 Å². The molecule has 1 amide bonds. The van der Waals surface area contributed by atoms with Gasteiger partial charge in [0.1, 0.15) is 22.8 Å². The normalized spacial score (nSPS) is 11.4. The molecule has 0 unspecified atom stereocenters. The van der Waals surface area contributed by atoms with E-state index in [1.54, 1.807) is 0 Å². The number of anilines is 1. The van der Waals surface area contributed by atoms with E-state index >= 15 is 0 Å². The molecule has 0 spiro atoms. The van der Waals surface area contributed by atoms with Gasteiger partial charge in [-0.2, -0.15) is 0 Å². The highest BCUT2D eigenvalue weighted by atomic mass is 35.5. The number of rotatable bonds is 4. The summed E-state index contributed by atoms with van der Waals surface area (Å²) >= 11 is 6.01. The molecule has 1 aromatic heterocycles. The quantitative estimate of drug-likeness (QED) is 0.565. The largest absolute Gasteiger partial charge is 0.573 e. The fraction of sp³-hybridized carbons (Fsp3) is 0.111. The summed E-state index contributed by atoms with van der Waals surface area (Å²) in [6, 6.07) is 8.88. The summed E-state index contributed by atoms with van der Waals surface area (Å²) in [7, 11) is 0. The molecule has 0 atom stereocenters. The molecule has 2 aromatic carbocycles. The lowest BCUT2D eigenvalue weighted by molar-refractivity contribution is -0.274. The Labute approximate surface area is 160 Å². The van der Waals surface area contributed by atoms with Crippen molar-refractivity contribution in [3.8, 4) is 17.0 Å². The lowest BCUT2D eigenvalue weighted by Gasteiger charge is -2.14. The van der Waals surface area contributed by atoms with Crippen molar-refractivity contribution in [2.45, 2.75) is 13.3 Å². The molecule has 0 aliphatic rings. The highest BCUT2D eigenvalue weighted by Gasteiger charge is 2.33. The van der Waals surface area contributed by atoms with Crippen LogP contribution in [-0.2, 0) is 0 Å². The first-order valence-electron chi connectivity index (χ1n) is 7.74. The number of halogens is 5. The summed E-state index contributed by atoms with van der Waals surface area (Å²) in [5.74, 6) is -2.19. The number of aromatic nitrogens is 1. The number of aryl methyl sites for hydroxylation is 1. The topological polar surface area (TPSA) is 64.4 Å². The van der Waals surface area contributed by atoms with Crippen LogP contribution < -0.4 is 10.1 Å². The Morgan fingerprint density at radius 2 is 1.89 bits per heavy atom. The number of benzene rings is 2. The van der Waals surface area contributed by atoms with Crippen molar-refractivity contribution in [1.29, 1.82) is 0 Å². The number of nitrogens with one attached hydrogen (secondary N) is 1. The zero-order valence-corrected chi connectivity index (χ0v) is 14.9. The minimum atomic E-state index is -4.94. The van der Waals surface area contributed by atoms with E-state index in [0.29, 0.717) is 0 Å². The van der Waals surface area contributed by atoms with E-state index in [2.05, 4.69) is 15.2 Å². The van der Waals surface area contributed by atoms with Crippen LogP contribution in [0, 0.1) is 12.7 Å². The molecular formula is C18H11ClF4N2O3. The zero-order chi connectivity index (χ0) is 20.5. The second kappa shape index (κ2) is 7.51. The molecule has 0 aliphatic carbocycles. The van der Waals surface area contributed by atoms with Crippen molar-refractivity contribution in [3.05, 3.63) is 64.6 Å². The summed E-state index contributed by atoms with van der Waals surface area (Å²) in [5.41, 5.74) is -0.747. The van der Waals surface area contributed by atoms with Gasteiger partial charge in [0.25, 0.3) is 5.91 Å². The second-order valence-corrected chi connectivity index (χ2v) is 5.96. The third kappa shape index (κ3) is 4.09. The Hall–Kier alpha value is -3.07. The fourth-order valence-corrected chi connectivity index (χ4v) is 2.76. The molecule has 0 saturated heterocycles. The van der Waals surface area contributed by atoms with Crippen LogP contribution in [-0.4, -0.2) is 17.4 Å². The number of hydrogen-bond donors (Lipinski definition) is 1. The van der Waals surface area contributed by atoms with Gasteiger partial charge in [-0.15, -0.1) is 13.2 Å². The zero-order valence-electron chi connectivity index (χ0n) is 14.1. The number of ether oxygens (including phenoxy) is 1. The third-order valence-electron chi connectivity index (χ3n) is 3.65. The maximum Gasteiger partial charge on any atom is 0.573 e. The molecule has 1 N–H and O–H groups in total. The monoisotopic (exact) mass is 414 g/mol. The van der Waals surface area contributed by atoms with Crippen molar-refractivity contribution in [3.63, 3.8) is 0 Å². The summed E-state index contributed by atoms with van der Waals surface area (Å²) in [6.07, 6.45) is -4.94. The van der Waals surface area contributed by atoms with Gasteiger partial charge in [0.15, 0.2) is 5.75 Å². The van der Waals surface area contributed by atoms with Crippen LogP contribution in [0.1, 0.15) is 16.1 Å². The number of alkyl halides is 3. The number of carbonyl (C=O) groups excluding carboxylic acids is 1. The molecule has 0 fully saturated rings. The van der Waals surface area contributed by atoms with Gasteiger partial charge in [-0.1, -0.05) is 35.0 Å². The molecule has 0 saturated carbocycles. The van der Waals surface area contributed by atoms with Crippen molar-refractivity contribution in [2.75, 3.05) is 5.32 Å². The van der Waals surface area contributed by atoms with Crippen LogP contribution in [0.15, 0.2) is 47.0 Å². The van der Waals surface area contributed by atoms with Gasteiger partial charge in [-0.3, -0.25) is 4.79 Å². The minimum Gasteiger partial charge on any atom is -0.404 e. The molecule has 0 bridgehead atoms. The Balaban J connectivity index is 1.99. The van der Waals surface area contributed by atoms with Crippen LogP contribution in [0.5, 0.6) is 5.75 Å². The molecule has 1 heterocycles. The maximum absolute atomic E-state index is 14.2. The predicted octanol–water partition coefficient (Wildman–Crippen LogP) is 5.59. The molecular weight excluding hydrogens is 404 g/mol. The van der Waals surface area contributed by atoms with Gasteiger partial charge in [0.2, 0.25) is 0 Å². The number of carbonyl (C=O) groups is 1. The minimum absolute atomic E-state index is 0.0110. The molecule has 3 aromatic rings. The van der Waals surface area contributed by atoms with Gasteiger partial charge >= 0.3 is 6.36 Å². The van der Waals surface area contributed by atoms with Crippen molar-refractivity contribution >= 4 is 23.2 Å². The molecule has 146 valence electrons. The average Bonchev–Trinajstić information content (AvgIpc) is 2.96. The van der Waals surface area contributed by atoms with Gasteiger partial charge < -0.3 is 14.6 Å². The van der Waals surface area contributed by atoms with Crippen LogP contribution in [0.2, 0.25) is 5.02 Å². The van der Waals surface area contributed by atoms with E-state index in [4.69, 9.17) is 16.1 Å². The Morgan fingerprint density at radius 3 is 2.57 bits per heavy atom. The Bertz CT molecular complexity index is 1010. The Kier molecular flexibility index (Phi) is 5.28. The lowest BCUT2D eigenvalue weighted by atomic mass is 10.0. The molecule has 10 heteroatoms. The summed E-state index contributed by atoms with van der Waals surface area (Å²) < 4.78 is 60.8. The lowest BCUT2D eigenvalue weighted by Crippen LogP contribution is -2.20. The predicted molar refractivity (Wildman–Crippen MR) is 92.7 cm³/mol. The molecule has 28 heavy (non-hydrogen) atoms. The highest BCUT2D eigenvalue weighted by Crippen LogP contribution is 2.35. The van der Waals surface area contributed by atoms with Gasteiger partial charge in [-0.05, 0) is 31.2 Å². The maximum atomic E-state index is 14.2. The molecule has 0 aliphatic heterocycles. The summed E-state index contributed by atoms with van der Waals surface area (Å²) in [6.45, 7) is 1.40. The van der Waals surface area contributed by atoms with Crippen LogP contribution in [0.25, 0.3) is 11.3 Å². The SMILES string of the molecule is Cc1onc(-c2c(F)cccc2Cl)c1C(=O)Nc1ccccc1OC(F)(F)F. The van der Waals surface area contributed by atoms with Crippen LogP contribution in [0.4, 0.5) is 23.2 Å². The van der Waals surface area contributed by atoms with Crippen LogP contribution in [0.3, 0.4) is 0 Å². The first-order chi connectivity index (χ1) is 13.2. The molecule has 3 rings (SSSR count). The average molecular weight is 415 g/mol. The number of nitrogens with zero attached hydrogens (tertiary/aromatic N) is 1. The number of hydrogen-bond acceptors (Lipinski definition) is 4. The Morgan fingerprint density at radius 1 is 1.18 bits per heavy atom. The highest BCUT2D eigenvalue weighted by molar-refractivity contribution is 6.33. The van der Waals surface area contributed by atoms with E-state index in [0.717, 1.165) is 12.1 Å². The van der Waals surface area contributed by atoms with E-state index in [1.807, 2.05) is 0 Å². The van der Waals surface area contributed by atoms with E-state index < -0.39 is 23.8 Å². The third-order valence-corrected chi connectivity index (χ3v) is 3.97. The molecule has 0 radical (unpaired) electrons. The van der Waals surface area contributed by atoms with Crippen molar-refractivity contribution < 1.29 is 31.6 Å². The van der Waals surface area contributed by atoms with Gasteiger partial charge in [0.05, 0.1) is 16.3 Å². The van der Waals surface area contributed by atoms with Crippen molar-refractivity contribution in [1.82, 2.24) is 5.16 Å². The van der Waals surface area contributed by atoms with Crippen LogP contribution >= 0.6 is 11.6 Å². The second-order valence-electron chi connectivity index (χ2n) is 5.56. The summed E-state index contributed by atoms with van der Waals surface area (Å²) in [5, 5.41) is 5.97. The van der Waals surface area contributed by atoms with E-state index in [-0.39, 0.29) is 33.3 Å². The summed E-state index contributed by atoms with van der Waals surface area (Å²) in [4.78, 5) is 12.7. The standard InChI is InChI=1S/C18H11ClF4N2O3/c1-9-14(16(25-28-9)15-10(19)5-4-6-11(15)20)17(26)24-12-7-2-3-8-13(12)27-18(21,22)23/h2-8H,1H3,(H,24,26). The first-order valence-corrected chi connectivity index (χ1v) is 8.12. The van der Waals surface area contributed by atoms with Gasteiger partial charge in [-0.25, -0.2) is 4.39 Å². The first kappa shape index (κ1) is 19.7. The fourth-order valence-electron chi connectivity index (χ4n) is 2.50. The number of amides is 1. The van der Waals surface area contributed by atoms with Gasteiger partial charge in [0, 0.05) is 0 Å². The smallest absolute Gasteiger partial charge is 0.404 e. The van der Waals surface area contributed by atoms with E-state index in [9.17, 15) is 22.4 Å². The number of para-hydroxylation sites is 2.